The average molecular weight is 350 g/mol. The first-order valence-corrected chi connectivity index (χ1v) is 8.57. The zero-order valence-electron chi connectivity index (χ0n) is 14.9. The van der Waals surface area contributed by atoms with Gasteiger partial charge in [0.25, 0.3) is 0 Å². The number of aryl methyl sites for hydroxylation is 2. The van der Waals surface area contributed by atoms with Gasteiger partial charge in [0.2, 0.25) is 0 Å². The number of hydrazone groups is 1. The molecule has 0 aliphatic rings. The van der Waals surface area contributed by atoms with Crippen molar-refractivity contribution in [3.05, 3.63) is 34.9 Å². The lowest BCUT2D eigenvalue weighted by atomic mass is 10.0. The summed E-state index contributed by atoms with van der Waals surface area (Å²) in [6, 6.07) is 6.29. The second-order valence-corrected chi connectivity index (χ2v) is 6.18. The first-order chi connectivity index (χ1) is 11.4. The maximum Gasteiger partial charge on any atom is 0.305 e. The molecule has 132 valence electrons. The lowest BCUT2D eigenvalue weighted by molar-refractivity contribution is -0.140. The summed E-state index contributed by atoms with van der Waals surface area (Å²) in [5, 5.41) is 7.95. The van der Waals surface area contributed by atoms with Crippen molar-refractivity contribution in [1.82, 2.24) is 10.7 Å². The summed E-state index contributed by atoms with van der Waals surface area (Å²) >= 11 is 5.21. The molecule has 0 saturated heterocycles. The number of carbonyl (C=O) groups is 1. The Hall–Kier alpha value is -1.95. The van der Waals surface area contributed by atoms with Gasteiger partial charge in [-0.25, -0.2) is 0 Å². The summed E-state index contributed by atoms with van der Waals surface area (Å²) in [5.41, 5.74) is 7.32. The van der Waals surface area contributed by atoms with Crippen LogP contribution in [-0.4, -0.2) is 30.4 Å². The maximum atomic E-state index is 11.0. The van der Waals surface area contributed by atoms with E-state index >= 15 is 0 Å². The molecule has 2 N–H and O–H groups in total. The molecule has 0 fully saturated rings. The van der Waals surface area contributed by atoms with Crippen molar-refractivity contribution in [2.24, 2.45) is 5.10 Å². The SMILES string of the molecule is COC(=O)CCCCCNC(=S)N/N=C(/C)c1ccc(C)cc1C. The second-order valence-electron chi connectivity index (χ2n) is 5.77. The Kier molecular flexibility index (Phi) is 9.01. The fourth-order valence-corrected chi connectivity index (χ4v) is 2.48. The number of ether oxygens (including phenoxy) is 1. The molecule has 1 rings (SSSR count). The number of hydrogen-bond donors (Lipinski definition) is 2. The molecule has 0 heterocycles. The van der Waals surface area contributed by atoms with Gasteiger partial charge in [0.15, 0.2) is 5.11 Å². The van der Waals surface area contributed by atoms with Gasteiger partial charge >= 0.3 is 5.97 Å². The van der Waals surface area contributed by atoms with Crippen molar-refractivity contribution in [3.63, 3.8) is 0 Å². The third-order valence-corrected chi connectivity index (χ3v) is 3.90. The van der Waals surface area contributed by atoms with Gasteiger partial charge in [0, 0.05) is 18.5 Å². The number of unbranched alkanes of at least 4 members (excludes halogenated alkanes) is 2. The highest BCUT2D eigenvalue weighted by atomic mass is 32.1. The predicted molar refractivity (Wildman–Crippen MR) is 102 cm³/mol. The summed E-state index contributed by atoms with van der Waals surface area (Å²) in [5.74, 6) is -0.156. The van der Waals surface area contributed by atoms with Crippen molar-refractivity contribution in [3.8, 4) is 0 Å². The lowest BCUT2D eigenvalue weighted by Crippen LogP contribution is -2.33. The van der Waals surface area contributed by atoms with Crippen molar-refractivity contribution >= 4 is 29.0 Å². The number of thiocarbonyl (C=S) groups is 1. The standard InChI is InChI=1S/C18H27N3O2S/c1-13-9-10-16(14(2)12-13)15(3)20-21-18(24)19-11-7-5-6-8-17(22)23-4/h9-10,12H,5-8,11H2,1-4H3,(H2,19,21,24)/b20-15-. The van der Waals surface area contributed by atoms with Gasteiger partial charge < -0.3 is 10.1 Å². The largest absolute Gasteiger partial charge is 0.469 e. The highest BCUT2D eigenvalue weighted by Gasteiger charge is 2.03. The van der Waals surface area contributed by atoms with E-state index in [-0.39, 0.29) is 5.97 Å². The molecule has 0 amide bonds. The fraction of sp³-hybridized carbons (Fsp3) is 0.500. The fourth-order valence-electron chi connectivity index (χ4n) is 2.33. The highest BCUT2D eigenvalue weighted by Crippen LogP contribution is 2.11. The third kappa shape index (κ3) is 7.55. The van der Waals surface area contributed by atoms with E-state index in [1.165, 1.54) is 18.2 Å². The number of methoxy groups -OCH3 is 1. The average Bonchev–Trinajstić information content (AvgIpc) is 2.55. The molecule has 0 saturated carbocycles. The van der Waals surface area contributed by atoms with Crippen molar-refractivity contribution in [2.75, 3.05) is 13.7 Å². The van der Waals surface area contributed by atoms with Crippen molar-refractivity contribution < 1.29 is 9.53 Å². The summed E-state index contributed by atoms with van der Waals surface area (Å²) in [6.07, 6.45) is 3.20. The number of carbonyl (C=O) groups excluding carboxylic acids is 1. The molecule has 5 nitrogen and oxygen atoms in total. The van der Waals surface area contributed by atoms with Crippen LogP contribution in [0.15, 0.2) is 23.3 Å². The Morgan fingerprint density at radius 2 is 2.00 bits per heavy atom. The number of hydrogen-bond acceptors (Lipinski definition) is 4. The quantitative estimate of drug-likeness (QED) is 0.248. The van der Waals surface area contributed by atoms with E-state index in [2.05, 4.69) is 52.6 Å². The second kappa shape index (κ2) is 10.8. The minimum absolute atomic E-state index is 0.156. The van der Waals surface area contributed by atoms with Crippen LogP contribution < -0.4 is 10.7 Å². The van der Waals surface area contributed by atoms with Gasteiger partial charge in [-0.2, -0.15) is 5.10 Å². The molecule has 0 unspecified atom stereocenters. The number of nitrogens with zero attached hydrogens (tertiary/aromatic N) is 1. The van der Waals surface area contributed by atoms with E-state index in [0.29, 0.717) is 11.5 Å². The van der Waals surface area contributed by atoms with Gasteiger partial charge in [-0.3, -0.25) is 10.2 Å². The van der Waals surface area contributed by atoms with Crippen molar-refractivity contribution in [2.45, 2.75) is 46.5 Å². The summed E-state index contributed by atoms with van der Waals surface area (Å²) < 4.78 is 4.60. The van der Waals surface area contributed by atoms with Crippen LogP contribution in [0, 0.1) is 13.8 Å². The zero-order valence-corrected chi connectivity index (χ0v) is 15.8. The van der Waals surface area contributed by atoms with Gasteiger partial charge in [-0.05, 0) is 51.4 Å². The Labute approximate surface area is 149 Å². The first-order valence-electron chi connectivity index (χ1n) is 8.16. The summed E-state index contributed by atoms with van der Waals surface area (Å²) in [7, 11) is 1.41. The normalized spacial score (nSPS) is 11.1. The maximum absolute atomic E-state index is 11.0. The molecule has 0 radical (unpaired) electrons. The Morgan fingerprint density at radius 3 is 2.67 bits per heavy atom. The Balaban J connectivity index is 2.28. The summed E-state index contributed by atoms with van der Waals surface area (Å²) in [4.78, 5) is 11.0. The van der Waals surface area contributed by atoms with Gasteiger partial charge in [0.1, 0.15) is 0 Å². The molecule has 0 bridgehead atoms. The minimum atomic E-state index is -0.156. The van der Waals surface area contributed by atoms with Crippen LogP contribution in [0.25, 0.3) is 0 Å². The van der Waals surface area contributed by atoms with Gasteiger partial charge in [-0.15, -0.1) is 0 Å². The molecular formula is C18H27N3O2S. The van der Waals surface area contributed by atoms with Crippen LogP contribution in [0.5, 0.6) is 0 Å². The molecule has 0 atom stereocenters. The first kappa shape index (κ1) is 20.1. The lowest BCUT2D eigenvalue weighted by Gasteiger charge is -2.09. The molecule has 1 aromatic carbocycles. The van der Waals surface area contributed by atoms with E-state index in [1.54, 1.807) is 0 Å². The van der Waals surface area contributed by atoms with Crippen LogP contribution >= 0.6 is 12.2 Å². The molecule has 0 aromatic heterocycles. The van der Waals surface area contributed by atoms with Crippen LogP contribution in [-0.2, 0) is 9.53 Å². The highest BCUT2D eigenvalue weighted by molar-refractivity contribution is 7.80. The van der Waals surface area contributed by atoms with Crippen LogP contribution in [0.4, 0.5) is 0 Å². The third-order valence-electron chi connectivity index (χ3n) is 3.67. The van der Waals surface area contributed by atoms with E-state index in [1.807, 2.05) is 6.92 Å². The van der Waals surface area contributed by atoms with Crippen molar-refractivity contribution in [1.29, 1.82) is 0 Å². The topological polar surface area (TPSA) is 62.7 Å². The van der Waals surface area contributed by atoms with E-state index in [4.69, 9.17) is 12.2 Å². The van der Waals surface area contributed by atoms with E-state index < -0.39 is 0 Å². The number of rotatable bonds is 8. The number of benzene rings is 1. The molecule has 1 aromatic rings. The number of nitrogens with one attached hydrogen (secondary N) is 2. The predicted octanol–water partition coefficient (Wildman–Crippen LogP) is 3.22. The number of esters is 1. The molecule has 6 heteroatoms. The monoisotopic (exact) mass is 349 g/mol. The van der Waals surface area contributed by atoms with Crippen LogP contribution in [0.3, 0.4) is 0 Å². The smallest absolute Gasteiger partial charge is 0.305 e. The van der Waals surface area contributed by atoms with E-state index in [9.17, 15) is 4.79 Å². The molecule has 0 spiro atoms. The summed E-state index contributed by atoms with van der Waals surface area (Å²) in [6.45, 7) is 6.86. The Bertz CT molecular complexity index is 600. The Morgan fingerprint density at radius 1 is 1.25 bits per heavy atom. The van der Waals surface area contributed by atoms with Crippen LogP contribution in [0.1, 0.15) is 49.3 Å². The molecule has 0 aliphatic heterocycles. The van der Waals surface area contributed by atoms with Gasteiger partial charge in [0.05, 0.1) is 12.8 Å². The zero-order chi connectivity index (χ0) is 17.9. The van der Waals surface area contributed by atoms with Crippen LogP contribution in [0.2, 0.25) is 0 Å². The van der Waals surface area contributed by atoms with E-state index in [0.717, 1.165) is 37.1 Å². The minimum Gasteiger partial charge on any atom is -0.469 e. The van der Waals surface area contributed by atoms with Gasteiger partial charge in [-0.1, -0.05) is 30.2 Å². The molecule has 0 aliphatic carbocycles. The molecular weight excluding hydrogens is 322 g/mol. The molecule has 24 heavy (non-hydrogen) atoms.